The monoisotopic (exact) mass is 249 g/mol. The minimum absolute atomic E-state index is 0.0544. The second kappa shape index (κ2) is 8.23. The molecule has 8 heteroatoms. The number of rotatable bonds is 8. The molecule has 4 N–H and O–H groups in total. The number of aliphatic hydroxyl groups excluding tert-OH is 1. The van der Waals surface area contributed by atoms with Crippen LogP contribution in [0.5, 0.6) is 0 Å². The first-order chi connectivity index (χ1) is 7.47. The highest BCUT2D eigenvalue weighted by Gasteiger charge is 2.20. The lowest BCUT2D eigenvalue weighted by Gasteiger charge is -2.09. The molecule has 0 heterocycles. The molecular formula is C8H17N4O3S+. The van der Waals surface area contributed by atoms with E-state index in [9.17, 15) is 9.90 Å². The van der Waals surface area contributed by atoms with Gasteiger partial charge in [0.2, 0.25) is 0 Å². The summed E-state index contributed by atoms with van der Waals surface area (Å²) >= 11 is 0. The summed E-state index contributed by atoms with van der Waals surface area (Å²) in [6.45, 7) is 0.0544. The molecule has 0 aromatic carbocycles. The van der Waals surface area contributed by atoms with Crippen LogP contribution in [0, 0.1) is 0 Å². The lowest BCUT2D eigenvalue weighted by molar-refractivity contribution is -0.138. The van der Waals surface area contributed by atoms with E-state index >= 15 is 0 Å². The van der Waals surface area contributed by atoms with Crippen LogP contribution >= 0.6 is 0 Å². The number of hydrogen-bond donors (Lipinski definition) is 3. The van der Waals surface area contributed by atoms with Crippen molar-refractivity contribution in [3.05, 3.63) is 10.4 Å². The zero-order chi connectivity index (χ0) is 12.6. The van der Waals surface area contributed by atoms with Crippen LogP contribution in [0.2, 0.25) is 0 Å². The van der Waals surface area contributed by atoms with E-state index in [1.54, 1.807) is 0 Å². The number of aliphatic hydroxyl groups is 1. The average Bonchev–Trinajstić information content (AvgIpc) is 2.22. The van der Waals surface area contributed by atoms with Crippen LogP contribution in [0.1, 0.15) is 6.42 Å². The molecule has 0 aliphatic carbocycles. The smallest absolute Gasteiger partial charge is 0.320 e. The van der Waals surface area contributed by atoms with Crippen molar-refractivity contribution in [3.63, 3.8) is 0 Å². The number of nitrogens with zero attached hydrogens (tertiary/aromatic N) is 3. The molecule has 92 valence electrons. The fourth-order valence-corrected chi connectivity index (χ4v) is 2.63. The molecule has 0 spiro atoms. The predicted molar refractivity (Wildman–Crippen MR) is 63.3 cm³/mol. The molecule has 0 aromatic heterocycles. The van der Waals surface area contributed by atoms with Gasteiger partial charge in [-0.2, -0.15) is 0 Å². The van der Waals surface area contributed by atoms with Crippen molar-refractivity contribution in [3.8, 4) is 0 Å². The van der Waals surface area contributed by atoms with Crippen LogP contribution in [-0.2, 0) is 15.7 Å². The summed E-state index contributed by atoms with van der Waals surface area (Å²) in [5, 5.41) is 21.3. The van der Waals surface area contributed by atoms with E-state index in [4.69, 9.17) is 16.4 Å². The number of nitrogens with two attached hydrogens (primary N) is 1. The van der Waals surface area contributed by atoms with Crippen molar-refractivity contribution < 1.29 is 15.0 Å². The molecule has 3 atom stereocenters. The molecule has 0 aliphatic heterocycles. The third-order valence-corrected chi connectivity index (χ3v) is 3.81. The highest BCUT2D eigenvalue weighted by atomic mass is 32.2. The van der Waals surface area contributed by atoms with Crippen molar-refractivity contribution in [1.29, 1.82) is 0 Å². The predicted octanol–water partition coefficient (Wildman–Crippen LogP) is -0.292. The Labute approximate surface area is 96.6 Å². The topological polar surface area (TPSA) is 132 Å². The van der Waals surface area contributed by atoms with Gasteiger partial charge in [0, 0.05) is 11.3 Å². The Morgan fingerprint density at radius 2 is 2.31 bits per heavy atom. The summed E-state index contributed by atoms with van der Waals surface area (Å²) in [5.41, 5.74) is 13.4. The van der Waals surface area contributed by atoms with Gasteiger partial charge in [0.05, 0.1) is 12.8 Å². The normalized spacial score (nSPS) is 15.9. The molecule has 0 saturated carbocycles. The second-order valence-electron chi connectivity index (χ2n) is 3.45. The van der Waals surface area contributed by atoms with E-state index in [0.29, 0.717) is 17.9 Å². The number of azide groups is 1. The van der Waals surface area contributed by atoms with Gasteiger partial charge < -0.3 is 15.9 Å². The Hall–Kier alpha value is -0.950. The Balaban J connectivity index is 3.76. The molecule has 0 bridgehead atoms. The van der Waals surface area contributed by atoms with Crippen LogP contribution in [-0.4, -0.2) is 52.6 Å². The molecule has 0 aromatic rings. The number of carboxylic acid groups (broad SMARTS) is 1. The fraction of sp³-hybridized carbons (Fsp3) is 0.875. The number of carboxylic acids is 1. The molecule has 0 fully saturated rings. The molecule has 0 amide bonds. The van der Waals surface area contributed by atoms with E-state index in [0.717, 1.165) is 0 Å². The summed E-state index contributed by atoms with van der Waals surface area (Å²) < 4.78 is 0. The van der Waals surface area contributed by atoms with Crippen molar-refractivity contribution >= 4 is 16.9 Å². The Morgan fingerprint density at radius 3 is 2.81 bits per heavy atom. The third kappa shape index (κ3) is 7.36. The average molecular weight is 249 g/mol. The number of hydrogen-bond acceptors (Lipinski definition) is 4. The molecule has 0 aliphatic rings. The van der Waals surface area contributed by atoms with Gasteiger partial charge in [0.25, 0.3) is 0 Å². The SMILES string of the molecule is C[S+](CC[C@H](N)C(=O)O)CC(O)CN=[N+]=[N-]. The zero-order valence-corrected chi connectivity index (χ0v) is 9.93. The molecule has 16 heavy (non-hydrogen) atoms. The Kier molecular flexibility index (Phi) is 7.74. The van der Waals surface area contributed by atoms with Crippen LogP contribution in [0.25, 0.3) is 10.4 Å². The summed E-state index contributed by atoms with van der Waals surface area (Å²) in [6, 6.07) is -0.843. The highest BCUT2D eigenvalue weighted by Crippen LogP contribution is 2.01. The first-order valence-corrected chi connectivity index (χ1v) is 6.71. The van der Waals surface area contributed by atoms with Crippen LogP contribution in [0.3, 0.4) is 0 Å². The minimum atomic E-state index is -1.01. The molecule has 7 nitrogen and oxygen atoms in total. The van der Waals surface area contributed by atoms with Crippen molar-refractivity contribution in [1.82, 2.24) is 0 Å². The summed E-state index contributed by atoms with van der Waals surface area (Å²) in [5.74, 6) is 0.151. The van der Waals surface area contributed by atoms with Gasteiger partial charge >= 0.3 is 5.97 Å². The van der Waals surface area contributed by atoms with Gasteiger partial charge in [-0.15, -0.1) is 0 Å². The molecule has 0 saturated heterocycles. The molecule has 2 unspecified atom stereocenters. The number of carbonyl (C=O) groups is 1. The Bertz CT molecular complexity index is 270. The van der Waals surface area contributed by atoms with E-state index in [2.05, 4.69) is 10.0 Å². The van der Waals surface area contributed by atoms with Gasteiger partial charge in [-0.25, -0.2) is 0 Å². The van der Waals surface area contributed by atoms with E-state index in [-0.39, 0.29) is 17.4 Å². The lowest BCUT2D eigenvalue weighted by Crippen LogP contribution is -2.33. The zero-order valence-electron chi connectivity index (χ0n) is 9.11. The van der Waals surface area contributed by atoms with Crippen LogP contribution in [0.15, 0.2) is 5.11 Å². The van der Waals surface area contributed by atoms with Crippen molar-refractivity contribution in [2.45, 2.75) is 18.6 Å². The molecule has 0 rings (SSSR count). The maximum Gasteiger partial charge on any atom is 0.320 e. The third-order valence-electron chi connectivity index (χ3n) is 1.93. The summed E-state index contributed by atoms with van der Waals surface area (Å²) in [6.07, 6.45) is 1.65. The summed E-state index contributed by atoms with van der Waals surface area (Å²) in [4.78, 5) is 13.0. The van der Waals surface area contributed by atoms with Crippen molar-refractivity contribution in [2.24, 2.45) is 10.8 Å². The largest absolute Gasteiger partial charge is 0.480 e. The maximum atomic E-state index is 10.4. The van der Waals surface area contributed by atoms with Crippen LogP contribution < -0.4 is 5.73 Å². The van der Waals surface area contributed by atoms with Gasteiger partial charge in [-0.1, -0.05) is 5.11 Å². The van der Waals surface area contributed by atoms with Gasteiger partial charge in [-0.3, -0.25) is 4.79 Å². The fourth-order valence-electron chi connectivity index (χ4n) is 1.05. The lowest BCUT2D eigenvalue weighted by atomic mass is 10.2. The maximum absolute atomic E-state index is 10.4. The first-order valence-electron chi connectivity index (χ1n) is 4.73. The molecule has 0 radical (unpaired) electrons. The first kappa shape index (κ1) is 15.0. The minimum Gasteiger partial charge on any atom is -0.480 e. The highest BCUT2D eigenvalue weighted by molar-refractivity contribution is 7.96. The number of aliphatic carboxylic acids is 1. The van der Waals surface area contributed by atoms with E-state index in [1.165, 1.54) is 0 Å². The standard InChI is InChI=1S/C8H16N4O3S/c1-16(3-2-7(9)8(14)15)5-6(13)4-11-12-10/h6-7,13H,2-5,9H2,1H3/p+1/t6?,7-,16?/m0/s1. The second-order valence-corrected chi connectivity index (χ2v) is 5.76. The van der Waals surface area contributed by atoms with Gasteiger partial charge in [0.15, 0.2) is 0 Å². The van der Waals surface area contributed by atoms with Gasteiger partial charge in [-0.05, 0) is 16.4 Å². The van der Waals surface area contributed by atoms with Crippen LogP contribution in [0.4, 0.5) is 0 Å². The van der Waals surface area contributed by atoms with E-state index < -0.39 is 18.1 Å². The molecular weight excluding hydrogens is 232 g/mol. The Morgan fingerprint density at radius 1 is 1.69 bits per heavy atom. The van der Waals surface area contributed by atoms with Gasteiger partial charge in [0.1, 0.15) is 23.7 Å². The van der Waals surface area contributed by atoms with E-state index in [1.807, 2.05) is 6.26 Å². The summed E-state index contributed by atoms with van der Waals surface area (Å²) in [7, 11) is -0.117. The quantitative estimate of drug-likeness (QED) is 0.236. The van der Waals surface area contributed by atoms with Crippen molar-refractivity contribution in [2.75, 3.05) is 24.3 Å².